The molecule has 0 bridgehead atoms. The van der Waals surface area contributed by atoms with Crippen LogP contribution in [0.15, 0.2) is 23.6 Å². The topological polar surface area (TPSA) is 75.9 Å². The standard InChI is InChI=1S/C16H20N2O4S/c1-18(2)7-4-8-22-14-9-11(21-3)5-6-12(14)15-17-13(10-23-15)16(19)20/h5-6,9-10H,4,7-8H2,1-3H3,(H,19,20). The molecule has 7 heteroatoms. The second-order valence-electron chi connectivity index (χ2n) is 5.35. The molecule has 6 nitrogen and oxygen atoms in total. The van der Waals surface area contributed by atoms with Gasteiger partial charge in [-0.3, -0.25) is 0 Å². The van der Waals surface area contributed by atoms with E-state index < -0.39 is 5.97 Å². The molecule has 0 radical (unpaired) electrons. The first-order chi connectivity index (χ1) is 11.0. The van der Waals surface area contributed by atoms with Gasteiger partial charge in [0.1, 0.15) is 16.5 Å². The van der Waals surface area contributed by atoms with Crippen LogP contribution in [0.4, 0.5) is 0 Å². The summed E-state index contributed by atoms with van der Waals surface area (Å²) in [5.74, 6) is 0.0356. The van der Waals surface area contributed by atoms with Crippen LogP contribution in [0, 0.1) is 0 Å². The Labute approximate surface area is 139 Å². The van der Waals surface area contributed by atoms with Gasteiger partial charge in [0.15, 0.2) is 0 Å². The third kappa shape index (κ3) is 4.67. The van der Waals surface area contributed by atoms with Crippen molar-refractivity contribution in [1.82, 2.24) is 4.98 Å². The molecule has 0 saturated heterocycles. The summed E-state index contributed by atoms with van der Waals surface area (Å²) in [5, 5.41) is 12.9. The Bertz CT molecular complexity index is 670. The molecule has 23 heavy (non-hydrogen) atoms. The van der Waals surface area contributed by atoms with Crippen LogP contribution in [0.25, 0.3) is 10.6 Å². The number of aromatic carboxylic acids is 1. The lowest BCUT2D eigenvalue weighted by molar-refractivity contribution is -0.858. The molecular formula is C16H20N2O4S. The molecule has 2 rings (SSSR count). The van der Waals surface area contributed by atoms with Gasteiger partial charge in [-0.15, -0.1) is 11.3 Å². The number of carboxylic acid groups (broad SMARTS) is 1. The van der Waals surface area contributed by atoms with Crippen molar-refractivity contribution in [2.75, 3.05) is 34.4 Å². The first kappa shape index (κ1) is 17.2. The summed E-state index contributed by atoms with van der Waals surface area (Å²) in [6.45, 7) is 1.58. The van der Waals surface area contributed by atoms with Crippen LogP contribution in [-0.2, 0) is 0 Å². The largest absolute Gasteiger partial charge is 0.543 e. The summed E-state index contributed by atoms with van der Waals surface area (Å²) in [4.78, 5) is 16.3. The number of aromatic nitrogens is 1. The third-order valence-electron chi connectivity index (χ3n) is 3.21. The molecule has 1 N–H and O–H groups in total. The second kappa shape index (κ2) is 7.94. The van der Waals surface area contributed by atoms with E-state index in [9.17, 15) is 9.90 Å². The lowest BCUT2D eigenvalue weighted by Gasteiger charge is -2.12. The maximum absolute atomic E-state index is 10.9. The van der Waals surface area contributed by atoms with Gasteiger partial charge in [-0.05, 0) is 12.1 Å². The van der Waals surface area contributed by atoms with Crippen molar-refractivity contribution < 1.29 is 24.3 Å². The van der Waals surface area contributed by atoms with Gasteiger partial charge < -0.3 is 24.3 Å². The highest BCUT2D eigenvalue weighted by Crippen LogP contribution is 2.35. The first-order valence-electron chi connectivity index (χ1n) is 7.28. The number of carboxylic acids is 1. The molecule has 124 valence electrons. The molecule has 0 aliphatic carbocycles. The van der Waals surface area contributed by atoms with Gasteiger partial charge in [-0.1, -0.05) is 0 Å². The van der Waals surface area contributed by atoms with E-state index in [2.05, 4.69) is 19.1 Å². The van der Waals surface area contributed by atoms with E-state index in [4.69, 9.17) is 9.47 Å². The Morgan fingerprint density at radius 3 is 2.78 bits per heavy atom. The second-order valence-corrected chi connectivity index (χ2v) is 6.20. The molecule has 1 aromatic heterocycles. The van der Waals surface area contributed by atoms with Gasteiger partial charge in [0, 0.05) is 17.9 Å². The maximum atomic E-state index is 10.9. The minimum absolute atomic E-state index is 0.0667. The quantitative estimate of drug-likeness (QED) is 0.692. The zero-order valence-electron chi connectivity index (χ0n) is 13.4. The van der Waals surface area contributed by atoms with E-state index in [0.717, 1.165) is 18.5 Å². The van der Waals surface area contributed by atoms with Crippen molar-refractivity contribution in [3.63, 3.8) is 0 Å². The summed E-state index contributed by atoms with van der Waals surface area (Å²) in [6, 6.07) is 5.41. The van der Waals surface area contributed by atoms with Crippen LogP contribution in [0.5, 0.6) is 11.5 Å². The van der Waals surface area contributed by atoms with Crippen LogP contribution < -0.4 is 19.5 Å². The van der Waals surface area contributed by atoms with Crippen LogP contribution >= 0.6 is 11.3 Å². The molecule has 0 saturated carbocycles. The average Bonchev–Trinajstić information content (AvgIpc) is 3.01. The minimum Gasteiger partial charge on any atom is -0.543 e. The van der Waals surface area contributed by atoms with E-state index in [1.165, 1.54) is 21.6 Å². The van der Waals surface area contributed by atoms with Crippen molar-refractivity contribution in [2.45, 2.75) is 6.42 Å². The molecule has 0 aliphatic heterocycles. The highest BCUT2D eigenvalue weighted by Gasteiger charge is 2.13. The number of methoxy groups -OCH3 is 1. The Hall–Kier alpha value is -2.12. The number of nitrogens with one attached hydrogen (secondary N) is 1. The summed E-state index contributed by atoms with van der Waals surface area (Å²) in [5.41, 5.74) is 0.684. The molecule has 0 aliphatic rings. The van der Waals surface area contributed by atoms with Crippen LogP contribution in [0.3, 0.4) is 0 Å². The number of benzene rings is 1. The van der Waals surface area contributed by atoms with Gasteiger partial charge in [0.25, 0.3) is 0 Å². The Kier molecular flexibility index (Phi) is 5.95. The smallest absolute Gasteiger partial charge is 0.133 e. The monoisotopic (exact) mass is 336 g/mol. The van der Waals surface area contributed by atoms with E-state index >= 15 is 0 Å². The first-order valence-corrected chi connectivity index (χ1v) is 8.16. The van der Waals surface area contributed by atoms with E-state index in [1.54, 1.807) is 19.2 Å². The van der Waals surface area contributed by atoms with Crippen LogP contribution in [0.1, 0.15) is 16.9 Å². The lowest BCUT2D eigenvalue weighted by Crippen LogP contribution is -3.05. The van der Waals surface area contributed by atoms with Gasteiger partial charge in [-0.2, -0.15) is 0 Å². The normalized spacial score (nSPS) is 10.8. The SMILES string of the molecule is COc1ccc(-c2nc(C(=O)[O-])cs2)c(OCCC[NH+](C)C)c1. The van der Waals surface area contributed by atoms with Crippen LogP contribution in [-0.4, -0.2) is 45.3 Å². The number of carbonyl (C=O) groups excluding carboxylic acids is 1. The zero-order valence-corrected chi connectivity index (χ0v) is 14.2. The fraction of sp³-hybridized carbons (Fsp3) is 0.375. The lowest BCUT2D eigenvalue weighted by atomic mass is 10.2. The minimum atomic E-state index is -1.28. The predicted molar refractivity (Wildman–Crippen MR) is 86.2 cm³/mol. The molecule has 0 amide bonds. The van der Waals surface area contributed by atoms with Crippen molar-refractivity contribution in [3.8, 4) is 22.1 Å². The predicted octanol–water partition coefficient (Wildman–Crippen LogP) is 0.0956. The van der Waals surface area contributed by atoms with Crippen molar-refractivity contribution >= 4 is 17.3 Å². The fourth-order valence-electron chi connectivity index (χ4n) is 2.02. The average molecular weight is 336 g/mol. The highest BCUT2D eigenvalue weighted by molar-refractivity contribution is 7.13. The summed E-state index contributed by atoms with van der Waals surface area (Å²) < 4.78 is 11.1. The van der Waals surface area contributed by atoms with Gasteiger partial charge in [0.2, 0.25) is 0 Å². The number of hydrogen-bond donors (Lipinski definition) is 1. The number of carbonyl (C=O) groups is 1. The molecule has 2 aromatic rings. The summed E-state index contributed by atoms with van der Waals surface area (Å²) in [7, 11) is 5.77. The summed E-state index contributed by atoms with van der Waals surface area (Å²) >= 11 is 1.25. The third-order valence-corrected chi connectivity index (χ3v) is 4.09. The molecular weight excluding hydrogens is 316 g/mol. The molecule has 1 aromatic carbocycles. The number of thiazole rings is 1. The number of nitrogens with zero attached hydrogens (tertiary/aromatic N) is 1. The number of quaternary nitrogens is 1. The van der Waals surface area contributed by atoms with E-state index in [-0.39, 0.29) is 5.69 Å². The van der Waals surface area contributed by atoms with Crippen molar-refractivity contribution in [1.29, 1.82) is 0 Å². The summed E-state index contributed by atoms with van der Waals surface area (Å²) in [6.07, 6.45) is 0.918. The van der Waals surface area contributed by atoms with Gasteiger partial charge >= 0.3 is 0 Å². The molecule has 0 spiro atoms. The zero-order chi connectivity index (χ0) is 16.8. The Morgan fingerprint density at radius 2 is 2.17 bits per heavy atom. The molecule has 0 atom stereocenters. The van der Waals surface area contributed by atoms with Crippen molar-refractivity contribution in [2.24, 2.45) is 0 Å². The van der Waals surface area contributed by atoms with E-state index in [1.807, 2.05) is 6.07 Å². The maximum Gasteiger partial charge on any atom is 0.133 e. The Balaban J connectivity index is 2.21. The number of ether oxygens (including phenoxy) is 2. The number of rotatable bonds is 8. The van der Waals surface area contributed by atoms with Gasteiger partial charge in [0.05, 0.1) is 51.6 Å². The molecule has 0 unspecified atom stereocenters. The molecule has 0 fully saturated rings. The van der Waals surface area contributed by atoms with Gasteiger partial charge in [-0.25, -0.2) is 4.98 Å². The highest BCUT2D eigenvalue weighted by atomic mass is 32.1. The van der Waals surface area contributed by atoms with Crippen molar-refractivity contribution in [3.05, 3.63) is 29.3 Å². The fourth-order valence-corrected chi connectivity index (χ4v) is 2.84. The molecule has 1 heterocycles. The van der Waals surface area contributed by atoms with E-state index in [0.29, 0.717) is 23.1 Å². The Morgan fingerprint density at radius 1 is 1.39 bits per heavy atom. The van der Waals surface area contributed by atoms with Crippen LogP contribution in [0.2, 0.25) is 0 Å². The number of hydrogen-bond acceptors (Lipinski definition) is 6.